The fourth-order valence-corrected chi connectivity index (χ4v) is 2.55. The number of methoxy groups -OCH3 is 1. The number of amides is 1. The quantitative estimate of drug-likeness (QED) is 0.836. The third kappa shape index (κ3) is 2.76. The Labute approximate surface area is 118 Å². The fourth-order valence-electron chi connectivity index (χ4n) is 2.55. The van der Waals surface area contributed by atoms with E-state index < -0.39 is 0 Å². The van der Waals surface area contributed by atoms with Gasteiger partial charge in [-0.15, -0.1) is 0 Å². The molecular weight excluding hydrogens is 258 g/mol. The minimum atomic E-state index is -0.268. The van der Waals surface area contributed by atoms with Crippen molar-refractivity contribution in [3.05, 3.63) is 29.3 Å². The van der Waals surface area contributed by atoms with E-state index in [0.717, 1.165) is 12.8 Å². The van der Waals surface area contributed by atoms with Gasteiger partial charge in [-0.3, -0.25) is 9.59 Å². The summed E-state index contributed by atoms with van der Waals surface area (Å²) in [6, 6.07) is 4.90. The first-order valence-electron chi connectivity index (χ1n) is 6.70. The molecule has 0 saturated carbocycles. The van der Waals surface area contributed by atoms with Gasteiger partial charge < -0.3 is 14.7 Å². The summed E-state index contributed by atoms with van der Waals surface area (Å²) in [5, 5.41) is 9.68. The molecule has 0 unspecified atom stereocenters. The predicted molar refractivity (Wildman–Crippen MR) is 73.5 cm³/mol. The molecule has 1 aliphatic rings. The number of hydrogen-bond acceptors (Lipinski definition) is 4. The standard InChI is InChI=1S/C15H19NO4/c1-10-12(6-3-7-13(10)17)14(18)16-8-4-5-11(9-16)15(19)20-2/h3,6-7,11,17H,4-5,8-9H2,1-2H3/t11-/m0/s1. The number of carbonyl (C=O) groups excluding carboxylic acids is 2. The molecule has 1 heterocycles. The van der Waals surface area contributed by atoms with Gasteiger partial charge in [-0.25, -0.2) is 0 Å². The van der Waals surface area contributed by atoms with Crippen molar-refractivity contribution in [2.75, 3.05) is 20.2 Å². The van der Waals surface area contributed by atoms with E-state index in [2.05, 4.69) is 0 Å². The first kappa shape index (κ1) is 14.4. The van der Waals surface area contributed by atoms with Crippen LogP contribution < -0.4 is 0 Å². The Kier molecular flexibility index (Phi) is 4.27. The average molecular weight is 277 g/mol. The van der Waals surface area contributed by atoms with Gasteiger partial charge in [0, 0.05) is 24.2 Å². The van der Waals surface area contributed by atoms with Crippen LogP contribution in [-0.2, 0) is 9.53 Å². The number of piperidine rings is 1. The number of nitrogens with zero attached hydrogens (tertiary/aromatic N) is 1. The van der Waals surface area contributed by atoms with E-state index in [1.54, 1.807) is 30.0 Å². The van der Waals surface area contributed by atoms with E-state index in [1.807, 2.05) is 0 Å². The maximum absolute atomic E-state index is 12.5. The summed E-state index contributed by atoms with van der Waals surface area (Å²) in [4.78, 5) is 25.7. The van der Waals surface area contributed by atoms with Crippen molar-refractivity contribution in [2.45, 2.75) is 19.8 Å². The minimum absolute atomic E-state index is 0.109. The molecule has 0 spiro atoms. The number of ether oxygens (including phenoxy) is 1. The Hall–Kier alpha value is -2.04. The predicted octanol–water partition coefficient (Wildman–Crippen LogP) is 1.73. The first-order chi connectivity index (χ1) is 9.54. The molecule has 108 valence electrons. The summed E-state index contributed by atoms with van der Waals surface area (Å²) in [5.74, 6) is -0.560. The van der Waals surface area contributed by atoms with Gasteiger partial charge in [-0.2, -0.15) is 0 Å². The highest BCUT2D eigenvalue weighted by Gasteiger charge is 2.30. The molecule has 5 nitrogen and oxygen atoms in total. The minimum Gasteiger partial charge on any atom is -0.508 e. The third-order valence-electron chi connectivity index (χ3n) is 3.78. The van der Waals surface area contributed by atoms with Gasteiger partial charge in [0.05, 0.1) is 13.0 Å². The summed E-state index contributed by atoms with van der Waals surface area (Å²) in [5.41, 5.74) is 1.05. The van der Waals surface area contributed by atoms with Gasteiger partial charge in [0.15, 0.2) is 0 Å². The van der Waals surface area contributed by atoms with E-state index in [4.69, 9.17) is 4.74 Å². The van der Waals surface area contributed by atoms with Crippen molar-refractivity contribution in [3.8, 4) is 5.75 Å². The number of aromatic hydroxyl groups is 1. The lowest BCUT2D eigenvalue weighted by Crippen LogP contribution is -2.42. The zero-order chi connectivity index (χ0) is 14.7. The molecule has 0 radical (unpaired) electrons. The highest BCUT2D eigenvalue weighted by atomic mass is 16.5. The van der Waals surface area contributed by atoms with Crippen LogP contribution in [0, 0.1) is 12.8 Å². The number of phenols is 1. The molecule has 0 aliphatic carbocycles. The normalized spacial score (nSPS) is 18.7. The zero-order valence-electron chi connectivity index (χ0n) is 11.8. The molecule has 1 N–H and O–H groups in total. The van der Waals surface area contributed by atoms with Gasteiger partial charge in [-0.1, -0.05) is 6.07 Å². The summed E-state index contributed by atoms with van der Waals surface area (Å²) in [7, 11) is 1.36. The van der Waals surface area contributed by atoms with Gasteiger partial charge in [-0.05, 0) is 31.9 Å². The number of hydrogen-bond donors (Lipinski definition) is 1. The number of carbonyl (C=O) groups is 2. The lowest BCUT2D eigenvalue weighted by Gasteiger charge is -2.31. The van der Waals surface area contributed by atoms with Crippen LogP contribution in [0.15, 0.2) is 18.2 Å². The molecule has 0 aromatic heterocycles. The Morgan fingerprint density at radius 1 is 1.40 bits per heavy atom. The maximum atomic E-state index is 12.5. The number of likely N-dealkylation sites (tertiary alicyclic amines) is 1. The van der Waals surface area contributed by atoms with E-state index in [-0.39, 0.29) is 23.5 Å². The van der Waals surface area contributed by atoms with Crippen molar-refractivity contribution < 1.29 is 19.4 Å². The SMILES string of the molecule is COC(=O)[C@H]1CCCN(C(=O)c2cccc(O)c2C)C1. The molecule has 1 aromatic rings. The molecule has 1 amide bonds. The van der Waals surface area contributed by atoms with E-state index in [0.29, 0.717) is 24.2 Å². The highest BCUT2D eigenvalue weighted by Crippen LogP contribution is 2.24. The van der Waals surface area contributed by atoms with E-state index >= 15 is 0 Å². The van der Waals surface area contributed by atoms with E-state index in [9.17, 15) is 14.7 Å². The van der Waals surface area contributed by atoms with Gasteiger partial charge >= 0.3 is 5.97 Å². The summed E-state index contributed by atoms with van der Waals surface area (Å²) < 4.78 is 4.75. The molecule has 1 aliphatic heterocycles. The van der Waals surface area contributed by atoms with Crippen LogP contribution >= 0.6 is 0 Å². The zero-order valence-corrected chi connectivity index (χ0v) is 11.8. The number of rotatable bonds is 2. The van der Waals surface area contributed by atoms with Crippen LogP contribution in [0.25, 0.3) is 0 Å². The van der Waals surface area contributed by atoms with Crippen molar-refractivity contribution in [1.29, 1.82) is 0 Å². The Bertz CT molecular complexity index is 527. The molecule has 1 atom stereocenters. The monoisotopic (exact) mass is 277 g/mol. The molecular formula is C15H19NO4. The highest BCUT2D eigenvalue weighted by molar-refractivity contribution is 5.96. The fraction of sp³-hybridized carbons (Fsp3) is 0.467. The summed E-state index contributed by atoms with van der Waals surface area (Å²) >= 11 is 0. The van der Waals surface area contributed by atoms with Gasteiger partial charge in [0.1, 0.15) is 5.75 Å². The summed E-state index contributed by atoms with van der Waals surface area (Å²) in [6.45, 7) is 2.71. The molecule has 1 saturated heterocycles. The molecule has 1 aromatic carbocycles. The Balaban J connectivity index is 2.16. The molecule has 1 fully saturated rings. The topological polar surface area (TPSA) is 66.8 Å². The van der Waals surface area contributed by atoms with Crippen molar-refractivity contribution >= 4 is 11.9 Å². The number of esters is 1. The average Bonchev–Trinajstić information content (AvgIpc) is 2.48. The van der Waals surface area contributed by atoms with Crippen molar-refractivity contribution in [1.82, 2.24) is 4.90 Å². The van der Waals surface area contributed by atoms with Crippen LogP contribution in [-0.4, -0.2) is 42.1 Å². The Morgan fingerprint density at radius 2 is 2.15 bits per heavy atom. The van der Waals surface area contributed by atoms with Crippen LogP contribution in [0.5, 0.6) is 5.75 Å². The van der Waals surface area contributed by atoms with Crippen LogP contribution in [0.4, 0.5) is 0 Å². The molecule has 2 rings (SSSR count). The Morgan fingerprint density at radius 3 is 2.85 bits per heavy atom. The molecule has 0 bridgehead atoms. The van der Waals surface area contributed by atoms with E-state index in [1.165, 1.54) is 7.11 Å². The number of phenolic OH excluding ortho intramolecular Hbond substituents is 1. The van der Waals surface area contributed by atoms with Crippen LogP contribution in [0.1, 0.15) is 28.8 Å². The smallest absolute Gasteiger partial charge is 0.310 e. The van der Waals surface area contributed by atoms with Crippen molar-refractivity contribution in [2.24, 2.45) is 5.92 Å². The lowest BCUT2D eigenvalue weighted by atomic mass is 9.97. The molecule has 20 heavy (non-hydrogen) atoms. The van der Waals surface area contributed by atoms with Gasteiger partial charge in [0.2, 0.25) is 0 Å². The van der Waals surface area contributed by atoms with Crippen LogP contribution in [0.2, 0.25) is 0 Å². The molecule has 5 heteroatoms. The second kappa shape index (κ2) is 5.94. The second-order valence-electron chi connectivity index (χ2n) is 5.06. The van der Waals surface area contributed by atoms with Crippen molar-refractivity contribution in [3.63, 3.8) is 0 Å². The summed E-state index contributed by atoms with van der Waals surface area (Å²) in [6.07, 6.45) is 1.53. The largest absolute Gasteiger partial charge is 0.508 e. The first-order valence-corrected chi connectivity index (χ1v) is 6.70. The third-order valence-corrected chi connectivity index (χ3v) is 3.78. The van der Waals surface area contributed by atoms with Crippen LogP contribution in [0.3, 0.4) is 0 Å². The second-order valence-corrected chi connectivity index (χ2v) is 5.06. The number of benzene rings is 1. The van der Waals surface area contributed by atoms with Gasteiger partial charge in [0.25, 0.3) is 5.91 Å². The lowest BCUT2D eigenvalue weighted by molar-refractivity contribution is -0.146. The maximum Gasteiger partial charge on any atom is 0.310 e.